The molecule has 3 aromatic carbocycles. The number of rotatable bonds is 15. The standard InChI is InChI=1S/C42H49N3O12Si/c1-41(2,3)58(6,7)57-37-32(55-39(44-24-23-33(46)43-40(44)50)38(37)53-26-36(49)56-45-34(47)21-22-35(45)48)25-54-42(27-11-9-8-10-12-27,28-13-17-30(51-4)18-14-28)29-15-19-31(52-5)20-16-29/h8-20,23-24,32,37-39H,21-22,25-26H2,1-7H3,(H,43,46,50)/t32-,37-,38-,39-/m1/s1. The summed E-state index contributed by atoms with van der Waals surface area (Å²) in [4.78, 5) is 70.5. The first kappa shape index (κ1) is 42.2. The number of methoxy groups -OCH3 is 2. The molecule has 6 rings (SSSR count). The number of imide groups is 1. The Bertz CT molecular complexity index is 2140. The van der Waals surface area contributed by atoms with E-state index in [2.05, 4.69) is 25.8 Å². The van der Waals surface area contributed by atoms with Gasteiger partial charge in [0.1, 0.15) is 42.0 Å². The molecule has 4 aromatic rings. The number of carbonyl (C=O) groups excluding carboxylic acids is 3. The van der Waals surface area contributed by atoms with Gasteiger partial charge in [-0.15, -0.1) is 5.06 Å². The van der Waals surface area contributed by atoms with E-state index in [4.69, 9.17) is 32.9 Å². The molecule has 0 spiro atoms. The fourth-order valence-corrected chi connectivity index (χ4v) is 8.08. The Kier molecular flexibility index (Phi) is 12.5. The minimum atomic E-state index is -2.70. The number of ether oxygens (including phenoxy) is 5. The van der Waals surface area contributed by atoms with Gasteiger partial charge in [-0.05, 0) is 59.1 Å². The average molecular weight is 816 g/mol. The first-order valence-corrected chi connectivity index (χ1v) is 21.8. The lowest BCUT2D eigenvalue weighted by Crippen LogP contribution is -2.51. The maximum atomic E-state index is 13.4. The van der Waals surface area contributed by atoms with Crippen LogP contribution in [0.3, 0.4) is 0 Å². The number of hydrogen-bond acceptors (Lipinski definition) is 12. The van der Waals surface area contributed by atoms with Crippen LogP contribution >= 0.6 is 0 Å². The minimum Gasteiger partial charge on any atom is -0.497 e. The van der Waals surface area contributed by atoms with Crippen molar-refractivity contribution in [3.05, 3.63) is 129 Å². The lowest BCUT2D eigenvalue weighted by Gasteiger charge is -2.41. The molecule has 2 fully saturated rings. The number of nitrogens with one attached hydrogen (secondary N) is 1. The van der Waals surface area contributed by atoms with E-state index in [-0.39, 0.29) is 24.5 Å². The maximum Gasteiger partial charge on any atom is 0.358 e. The Morgan fingerprint density at radius 2 is 1.34 bits per heavy atom. The molecule has 0 aliphatic carbocycles. The van der Waals surface area contributed by atoms with E-state index >= 15 is 0 Å². The van der Waals surface area contributed by atoms with Gasteiger partial charge in [0.05, 0.1) is 20.8 Å². The van der Waals surface area contributed by atoms with Gasteiger partial charge in [-0.1, -0.05) is 75.4 Å². The molecule has 0 unspecified atom stereocenters. The molecule has 4 atom stereocenters. The summed E-state index contributed by atoms with van der Waals surface area (Å²) in [6.07, 6.45) is -3.21. The average Bonchev–Trinajstić information content (AvgIpc) is 3.70. The third-order valence-corrected chi connectivity index (χ3v) is 15.4. The van der Waals surface area contributed by atoms with Crippen LogP contribution < -0.4 is 20.7 Å². The molecule has 16 heteroatoms. The van der Waals surface area contributed by atoms with Gasteiger partial charge in [0.25, 0.3) is 17.4 Å². The van der Waals surface area contributed by atoms with Crippen LogP contribution in [-0.2, 0) is 43.5 Å². The fourth-order valence-electron chi connectivity index (χ4n) is 6.76. The summed E-state index contributed by atoms with van der Waals surface area (Å²) in [5, 5.41) is 0.119. The number of benzene rings is 3. The normalized spacial score (nSPS) is 20.0. The van der Waals surface area contributed by atoms with Crippen molar-refractivity contribution in [3.8, 4) is 11.5 Å². The molecule has 2 saturated heterocycles. The largest absolute Gasteiger partial charge is 0.497 e. The number of H-pyrrole nitrogens is 1. The lowest BCUT2D eigenvalue weighted by atomic mass is 9.80. The quantitative estimate of drug-likeness (QED) is 0.0985. The van der Waals surface area contributed by atoms with Crippen molar-refractivity contribution in [2.24, 2.45) is 0 Å². The Morgan fingerprint density at radius 1 is 0.793 bits per heavy atom. The van der Waals surface area contributed by atoms with Crippen LogP contribution in [0.25, 0.3) is 0 Å². The Hall–Kier alpha value is -5.39. The number of aromatic nitrogens is 2. The molecule has 0 bridgehead atoms. The molecule has 1 aromatic heterocycles. The van der Waals surface area contributed by atoms with Crippen molar-refractivity contribution in [1.82, 2.24) is 14.6 Å². The predicted octanol–water partition coefficient (Wildman–Crippen LogP) is 4.84. The SMILES string of the molecule is COc1ccc(C(OC[C@H]2O[C@@H](n3ccc(=O)[nH]c3=O)[C@H](OCC(=O)ON3C(=O)CCC3=O)[C@@H]2O[Si](C)(C)C(C)(C)C)(c2ccccc2)c2ccc(OC)cc2)cc1. The predicted molar refractivity (Wildman–Crippen MR) is 212 cm³/mol. The van der Waals surface area contributed by atoms with Crippen molar-refractivity contribution < 1.29 is 47.3 Å². The third-order valence-electron chi connectivity index (χ3n) is 10.9. The van der Waals surface area contributed by atoms with Crippen LogP contribution in [0.15, 0.2) is 101 Å². The second-order valence-corrected chi connectivity index (χ2v) is 20.3. The number of amides is 2. The van der Waals surface area contributed by atoms with Crippen molar-refractivity contribution in [1.29, 1.82) is 0 Å². The summed E-state index contributed by atoms with van der Waals surface area (Å²) >= 11 is 0. The second kappa shape index (κ2) is 17.2. The van der Waals surface area contributed by atoms with Crippen LogP contribution in [0.2, 0.25) is 18.1 Å². The van der Waals surface area contributed by atoms with Gasteiger partial charge >= 0.3 is 11.7 Å². The molecular weight excluding hydrogens is 767 g/mol. The monoisotopic (exact) mass is 815 g/mol. The molecule has 1 N–H and O–H groups in total. The van der Waals surface area contributed by atoms with E-state index < -0.39 is 74.1 Å². The van der Waals surface area contributed by atoms with Gasteiger partial charge in [-0.3, -0.25) is 23.9 Å². The third kappa shape index (κ3) is 8.71. The Balaban J connectivity index is 1.45. The molecule has 58 heavy (non-hydrogen) atoms. The van der Waals surface area contributed by atoms with Crippen molar-refractivity contribution in [2.75, 3.05) is 27.4 Å². The number of hydrogen-bond donors (Lipinski definition) is 1. The number of aromatic amines is 1. The molecule has 2 aliphatic heterocycles. The van der Waals surface area contributed by atoms with Gasteiger partial charge in [0.15, 0.2) is 14.5 Å². The zero-order valence-electron chi connectivity index (χ0n) is 33.6. The van der Waals surface area contributed by atoms with E-state index in [1.165, 1.54) is 12.3 Å². The smallest absolute Gasteiger partial charge is 0.358 e. The zero-order chi connectivity index (χ0) is 41.8. The number of hydroxylamine groups is 2. The van der Waals surface area contributed by atoms with Gasteiger partial charge < -0.3 is 32.9 Å². The van der Waals surface area contributed by atoms with Crippen LogP contribution in [0, 0.1) is 0 Å². The highest BCUT2D eigenvalue weighted by Crippen LogP contribution is 2.45. The first-order valence-electron chi connectivity index (χ1n) is 18.9. The van der Waals surface area contributed by atoms with Crippen molar-refractivity contribution in [3.63, 3.8) is 0 Å². The number of nitrogens with zero attached hydrogens (tertiary/aromatic N) is 2. The summed E-state index contributed by atoms with van der Waals surface area (Å²) in [5.74, 6) is -1.02. The molecule has 2 amide bonds. The van der Waals surface area contributed by atoms with Crippen LogP contribution in [0.4, 0.5) is 0 Å². The molecule has 0 radical (unpaired) electrons. The molecule has 2 aliphatic rings. The highest BCUT2D eigenvalue weighted by Gasteiger charge is 2.53. The summed E-state index contributed by atoms with van der Waals surface area (Å²) in [5.41, 5.74) is -0.350. The Morgan fingerprint density at radius 3 is 1.86 bits per heavy atom. The van der Waals surface area contributed by atoms with E-state index in [0.29, 0.717) is 16.6 Å². The Labute approximate surface area is 336 Å². The molecular formula is C42H49N3O12Si. The van der Waals surface area contributed by atoms with Gasteiger partial charge in [-0.25, -0.2) is 9.59 Å². The maximum absolute atomic E-state index is 13.4. The lowest BCUT2D eigenvalue weighted by molar-refractivity contribution is -0.202. The van der Waals surface area contributed by atoms with Gasteiger partial charge in [0, 0.05) is 25.1 Å². The van der Waals surface area contributed by atoms with Gasteiger partial charge in [-0.2, -0.15) is 0 Å². The van der Waals surface area contributed by atoms with E-state index in [0.717, 1.165) is 21.3 Å². The summed E-state index contributed by atoms with van der Waals surface area (Å²) < 4.78 is 39.4. The summed E-state index contributed by atoms with van der Waals surface area (Å²) in [6, 6.07) is 25.9. The van der Waals surface area contributed by atoms with Gasteiger partial charge in [0.2, 0.25) is 0 Å². The van der Waals surface area contributed by atoms with Crippen molar-refractivity contribution >= 4 is 26.1 Å². The fraction of sp³-hybridized carbons (Fsp3) is 0.405. The molecule has 15 nitrogen and oxygen atoms in total. The minimum absolute atomic E-state index is 0.0811. The van der Waals surface area contributed by atoms with E-state index in [1.54, 1.807) is 14.2 Å². The van der Waals surface area contributed by atoms with Crippen LogP contribution in [-0.4, -0.2) is 86.5 Å². The van der Waals surface area contributed by atoms with E-state index in [9.17, 15) is 24.0 Å². The second-order valence-electron chi connectivity index (χ2n) is 15.6. The van der Waals surface area contributed by atoms with Crippen LogP contribution in [0.5, 0.6) is 11.5 Å². The number of carbonyl (C=O) groups is 3. The van der Waals surface area contributed by atoms with Crippen molar-refractivity contribution in [2.45, 2.75) is 81.9 Å². The highest BCUT2D eigenvalue weighted by atomic mass is 28.4. The van der Waals surface area contributed by atoms with E-state index in [1.807, 2.05) is 92.0 Å². The highest BCUT2D eigenvalue weighted by molar-refractivity contribution is 6.74. The van der Waals surface area contributed by atoms with Crippen LogP contribution in [0.1, 0.15) is 56.5 Å². The zero-order valence-corrected chi connectivity index (χ0v) is 34.6. The summed E-state index contributed by atoms with van der Waals surface area (Å²) in [6.45, 7) is 9.41. The first-order chi connectivity index (χ1) is 27.6. The topological polar surface area (TPSA) is 174 Å². The molecule has 0 saturated carbocycles. The molecule has 3 heterocycles. The summed E-state index contributed by atoms with van der Waals surface area (Å²) in [7, 11) is 0.480. The molecule has 308 valence electrons.